The molecule has 0 amide bonds. The van der Waals surface area contributed by atoms with Gasteiger partial charge in [-0.05, 0) is 37.6 Å². The van der Waals surface area contributed by atoms with Crippen LogP contribution in [0.15, 0.2) is 24.3 Å². The molecule has 1 fully saturated rings. The quantitative estimate of drug-likeness (QED) is 0.780. The normalized spacial score (nSPS) is 16.5. The highest BCUT2D eigenvalue weighted by Gasteiger charge is 2.13. The van der Waals surface area contributed by atoms with Gasteiger partial charge < -0.3 is 18.9 Å². The van der Waals surface area contributed by atoms with E-state index < -0.39 is 0 Å². The Kier molecular flexibility index (Phi) is 5.30. The van der Waals surface area contributed by atoms with E-state index in [4.69, 9.17) is 18.9 Å². The summed E-state index contributed by atoms with van der Waals surface area (Å²) in [6.07, 6.45) is 1.63. The van der Waals surface area contributed by atoms with Crippen molar-refractivity contribution in [1.82, 2.24) is 0 Å². The predicted molar refractivity (Wildman–Crippen MR) is 68.0 cm³/mol. The summed E-state index contributed by atoms with van der Waals surface area (Å²) in [5.74, 6) is 1.71. The van der Waals surface area contributed by atoms with E-state index in [0.717, 1.165) is 37.6 Å². The number of hydrogen-bond acceptors (Lipinski definition) is 4. The molecule has 0 atom stereocenters. The second kappa shape index (κ2) is 7.24. The fourth-order valence-electron chi connectivity index (χ4n) is 1.78. The standard InChI is InChI=1S/C14H20O4/c1-2-15-12-4-6-13(7-5-12)16-11-8-14-17-9-3-10-18-14/h4-7,14H,2-3,8-11H2,1H3. The van der Waals surface area contributed by atoms with Crippen molar-refractivity contribution in [2.24, 2.45) is 0 Å². The maximum absolute atomic E-state index is 5.63. The smallest absolute Gasteiger partial charge is 0.160 e. The number of ether oxygens (including phenoxy) is 4. The van der Waals surface area contributed by atoms with E-state index in [1.54, 1.807) is 0 Å². The first-order valence-corrected chi connectivity index (χ1v) is 6.47. The Morgan fingerprint density at radius 2 is 1.67 bits per heavy atom. The van der Waals surface area contributed by atoms with Gasteiger partial charge in [0.05, 0.1) is 26.4 Å². The van der Waals surface area contributed by atoms with E-state index in [2.05, 4.69) is 0 Å². The summed E-state index contributed by atoms with van der Waals surface area (Å²) >= 11 is 0. The van der Waals surface area contributed by atoms with Crippen LogP contribution in [-0.2, 0) is 9.47 Å². The largest absolute Gasteiger partial charge is 0.494 e. The summed E-state index contributed by atoms with van der Waals surface area (Å²) in [6, 6.07) is 7.64. The highest BCUT2D eigenvalue weighted by molar-refractivity contribution is 5.31. The van der Waals surface area contributed by atoms with E-state index >= 15 is 0 Å². The molecule has 4 heteroatoms. The van der Waals surface area contributed by atoms with Gasteiger partial charge in [-0.25, -0.2) is 0 Å². The van der Waals surface area contributed by atoms with Gasteiger partial charge in [0, 0.05) is 6.42 Å². The summed E-state index contributed by atoms with van der Waals surface area (Å²) in [6.45, 7) is 4.81. The summed E-state index contributed by atoms with van der Waals surface area (Å²) < 4.78 is 21.9. The SMILES string of the molecule is CCOc1ccc(OCCC2OCCCO2)cc1. The fourth-order valence-corrected chi connectivity index (χ4v) is 1.78. The molecule has 18 heavy (non-hydrogen) atoms. The zero-order chi connectivity index (χ0) is 12.6. The lowest BCUT2D eigenvalue weighted by Gasteiger charge is -2.23. The molecule has 2 rings (SSSR count). The van der Waals surface area contributed by atoms with E-state index in [0.29, 0.717) is 13.2 Å². The number of rotatable bonds is 6. The fraction of sp³-hybridized carbons (Fsp3) is 0.571. The van der Waals surface area contributed by atoms with Gasteiger partial charge in [-0.3, -0.25) is 0 Å². The second-order valence-electron chi connectivity index (χ2n) is 4.07. The molecule has 0 saturated carbocycles. The molecule has 0 radical (unpaired) electrons. The molecule has 100 valence electrons. The lowest BCUT2D eigenvalue weighted by molar-refractivity contribution is -0.183. The maximum Gasteiger partial charge on any atom is 0.160 e. The van der Waals surface area contributed by atoms with Crippen molar-refractivity contribution in [1.29, 1.82) is 0 Å². The van der Waals surface area contributed by atoms with Gasteiger partial charge in [0.25, 0.3) is 0 Å². The van der Waals surface area contributed by atoms with Crippen molar-refractivity contribution in [3.63, 3.8) is 0 Å². The van der Waals surface area contributed by atoms with Crippen LogP contribution in [0.25, 0.3) is 0 Å². The van der Waals surface area contributed by atoms with Crippen molar-refractivity contribution < 1.29 is 18.9 Å². The summed E-state index contributed by atoms with van der Waals surface area (Å²) in [4.78, 5) is 0. The summed E-state index contributed by atoms with van der Waals surface area (Å²) in [5, 5.41) is 0. The van der Waals surface area contributed by atoms with Crippen LogP contribution >= 0.6 is 0 Å². The molecular weight excluding hydrogens is 232 g/mol. The van der Waals surface area contributed by atoms with E-state index in [1.807, 2.05) is 31.2 Å². The molecule has 0 unspecified atom stereocenters. The lowest BCUT2D eigenvalue weighted by atomic mass is 10.3. The first kappa shape index (κ1) is 13.2. The zero-order valence-electron chi connectivity index (χ0n) is 10.8. The lowest BCUT2D eigenvalue weighted by Crippen LogP contribution is -2.26. The van der Waals surface area contributed by atoms with Crippen molar-refractivity contribution in [2.45, 2.75) is 26.1 Å². The third-order valence-electron chi connectivity index (χ3n) is 2.65. The topological polar surface area (TPSA) is 36.9 Å². The molecule has 1 saturated heterocycles. The molecule has 1 aliphatic rings. The molecule has 0 aromatic heterocycles. The molecule has 0 aliphatic carbocycles. The van der Waals surface area contributed by atoms with Gasteiger partial charge in [-0.2, -0.15) is 0 Å². The molecule has 4 nitrogen and oxygen atoms in total. The van der Waals surface area contributed by atoms with Crippen LogP contribution in [-0.4, -0.2) is 32.7 Å². The highest BCUT2D eigenvalue weighted by Crippen LogP contribution is 2.18. The third-order valence-corrected chi connectivity index (χ3v) is 2.65. The minimum absolute atomic E-state index is 0.110. The van der Waals surface area contributed by atoms with Crippen molar-refractivity contribution >= 4 is 0 Å². The van der Waals surface area contributed by atoms with Crippen LogP contribution < -0.4 is 9.47 Å². The molecule has 0 N–H and O–H groups in total. The minimum Gasteiger partial charge on any atom is -0.494 e. The predicted octanol–water partition coefficient (Wildman–Crippen LogP) is 2.62. The van der Waals surface area contributed by atoms with Gasteiger partial charge in [-0.15, -0.1) is 0 Å². The number of hydrogen-bond donors (Lipinski definition) is 0. The Bertz CT molecular complexity index is 330. The van der Waals surface area contributed by atoms with Gasteiger partial charge in [0.2, 0.25) is 0 Å². The van der Waals surface area contributed by atoms with Gasteiger partial charge in [0.1, 0.15) is 11.5 Å². The first-order valence-electron chi connectivity index (χ1n) is 6.47. The molecule has 1 aromatic rings. The van der Waals surface area contributed by atoms with Crippen molar-refractivity contribution in [3.8, 4) is 11.5 Å². The monoisotopic (exact) mass is 252 g/mol. The van der Waals surface area contributed by atoms with Crippen LogP contribution in [0.4, 0.5) is 0 Å². The third kappa shape index (κ3) is 4.20. The van der Waals surface area contributed by atoms with Crippen LogP contribution in [0.1, 0.15) is 19.8 Å². The Balaban J connectivity index is 1.69. The van der Waals surface area contributed by atoms with Crippen LogP contribution in [0, 0.1) is 0 Å². The van der Waals surface area contributed by atoms with E-state index in [9.17, 15) is 0 Å². The Labute approximate surface area is 108 Å². The maximum atomic E-state index is 5.63. The Morgan fingerprint density at radius 1 is 1.06 bits per heavy atom. The molecular formula is C14H20O4. The zero-order valence-corrected chi connectivity index (χ0v) is 10.8. The van der Waals surface area contributed by atoms with Crippen molar-refractivity contribution in [2.75, 3.05) is 26.4 Å². The van der Waals surface area contributed by atoms with E-state index in [1.165, 1.54) is 0 Å². The minimum atomic E-state index is -0.110. The van der Waals surface area contributed by atoms with Crippen LogP contribution in [0.2, 0.25) is 0 Å². The number of benzene rings is 1. The Morgan fingerprint density at radius 3 is 2.28 bits per heavy atom. The summed E-state index contributed by atoms with van der Waals surface area (Å²) in [7, 11) is 0. The van der Waals surface area contributed by atoms with Crippen molar-refractivity contribution in [3.05, 3.63) is 24.3 Å². The molecule has 1 aliphatic heterocycles. The average Bonchev–Trinajstić information content (AvgIpc) is 2.42. The van der Waals surface area contributed by atoms with Crippen LogP contribution in [0.5, 0.6) is 11.5 Å². The molecule has 0 bridgehead atoms. The molecule has 1 aromatic carbocycles. The first-order chi connectivity index (χ1) is 8.88. The second-order valence-corrected chi connectivity index (χ2v) is 4.07. The summed E-state index contributed by atoms with van der Waals surface area (Å²) in [5.41, 5.74) is 0. The molecule has 0 spiro atoms. The van der Waals surface area contributed by atoms with Gasteiger partial charge in [-0.1, -0.05) is 0 Å². The average molecular weight is 252 g/mol. The van der Waals surface area contributed by atoms with E-state index in [-0.39, 0.29) is 6.29 Å². The van der Waals surface area contributed by atoms with Gasteiger partial charge in [0.15, 0.2) is 6.29 Å². The molecule has 1 heterocycles. The highest BCUT2D eigenvalue weighted by atomic mass is 16.7. The van der Waals surface area contributed by atoms with Gasteiger partial charge >= 0.3 is 0 Å². The van der Waals surface area contributed by atoms with Crippen LogP contribution in [0.3, 0.4) is 0 Å². The Hall–Kier alpha value is -1.26.